The van der Waals surface area contributed by atoms with Gasteiger partial charge in [0.1, 0.15) is 12.1 Å². The van der Waals surface area contributed by atoms with Crippen molar-refractivity contribution in [1.29, 1.82) is 5.26 Å². The third-order valence-corrected chi connectivity index (χ3v) is 4.54. The molecular formula is C18H18BrClN3O+. The smallest absolute Gasteiger partial charge is 0.279 e. The van der Waals surface area contributed by atoms with Gasteiger partial charge in [-0.15, -0.1) is 0 Å². The number of anilines is 1. The second-order valence-electron chi connectivity index (χ2n) is 5.36. The van der Waals surface area contributed by atoms with Gasteiger partial charge in [-0.25, -0.2) is 0 Å². The molecule has 0 heterocycles. The molecule has 3 N–H and O–H groups in total. The molecule has 0 spiro atoms. The highest BCUT2D eigenvalue weighted by atomic mass is 79.9. The number of rotatable bonds is 6. The molecule has 6 heteroatoms. The van der Waals surface area contributed by atoms with E-state index in [4.69, 9.17) is 16.9 Å². The molecule has 0 saturated heterocycles. The van der Waals surface area contributed by atoms with Gasteiger partial charge in [0.05, 0.1) is 10.6 Å². The third kappa shape index (κ3) is 5.07. The molecule has 2 rings (SSSR count). The van der Waals surface area contributed by atoms with Crippen LogP contribution in [0.2, 0.25) is 5.02 Å². The summed E-state index contributed by atoms with van der Waals surface area (Å²) in [5.41, 5.74) is 2.17. The lowest BCUT2D eigenvalue weighted by atomic mass is 10.0. The molecule has 1 atom stereocenters. The van der Waals surface area contributed by atoms with E-state index in [1.54, 1.807) is 18.2 Å². The summed E-state index contributed by atoms with van der Waals surface area (Å²) in [6.07, 6.45) is 0.928. The van der Waals surface area contributed by atoms with Crippen molar-refractivity contribution in [2.45, 2.75) is 19.4 Å². The predicted octanol–water partition coefficient (Wildman–Crippen LogP) is 3.63. The Morgan fingerprint density at radius 2 is 2.04 bits per heavy atom. The van der Waals surface area contributed by atoms with E-state index in [-0.39, 0.29) is 11.9 Å². The normalized spacial score (nSPS) is 11.6. The number of nitriles is 1. The van der Waals surface area contributed by atoms with Crippen molar-refractivity contribution < 1.29 is 10.1 Å². The van der Waals surface area contributed by atoms with Crippen LogP contribution in [0.3, 0.4) is 0 Å². The van der Waals surface area contributed by atoms with Crippen LogP contribution in [0.4, 0.5) is 5.69 Å². The lowest BCUT2D eigenvalue weighted by molar-refractivity contribution is -0.686. The number of hydrogen-bond acceptors (Lipinski definition) is 2. The van der Waals surface area contributed by atoms with E-state index in [0.717, 1.165) is 10.9 Å². The molecular weight excluding hydrogens is 390 g/mol. The minimum atomic E-state index is -0.105. The molecule has 2 aromatic carbocycles. The first kappa shape index (κ1) is 18.5. The molecule has 1 amide bonds. The molecule has 0 unspecified atom stereocenters. The first-order valence-corrected chi connectivity index (χ1v) is 8.79. The topological polar surface area (TPSA) is 69.5 Å². The molecule has 124 valence electrons. The van der Waals surface area contributed by atoms with Crippen molar-refractivity contribution in [2.75, 3.05) is 11.9 Å². The van der Waals surface area contributed by atoms with Crippen molar-refractivity contribution in [3.63, 3.8) is 0 Å². The summed E-state index contributed by atoms with van der Waals surface area (Å²) in [6, 6.07) is 15.2. The summed E-state index contributed by atoms with van der Waals surface area (Å²) in [5.74, 6) is -0.105. The molecule has 0 aliphatic rings. The zero-order chi connectivity index (χ0) is 17.5. The number of nitrogens with one attached hydrogen (secondary N) is 1. The molecule has 0 saturated carbocycles. The fourth-order valence-corrected chi connectivity index (χ4v) is 2.88. The number of amides is 1. The summed E-state index contributed by atoms with van der Waals surface area (Å²) in [4.78, 5) is 12.1. The van der Waals surface area contributed by atoms with E-state index in [9.17, 15) is 4.79 Å². The highest BCUT2D eigenvalue weighted by Gasteiger charge is 2.15. The average Bonchev–Trinajstić information content (AvgIpc) is 2.57. The summed E-state index contributed by atoms with van der Waals surface area (Å²) >= 11 is 9.40. The van der Waals surface area contributed by atoms with Crippen molar-refractivity contribution in [2.24, 2.45) is 0 Å². The molecule has 0 aliphatic carbocycles. The van der Waals surface area contributed by atoms with Crippen LogP contribution in [-0.4, -0.2) is 12.5 Å². The zero-order valence-electron chi connectivity index (χ0n) is 13.2. The second-order valence-corrected chi connectivity index (χ2v) is 6.68. The summed E-state index contributed by atoms with van der Waals surface area (Å²) in [6.45, 7) is 2.41. The molecule has 4 nitrogen and oxygen atoms in total. The van der Waals surface area contributed by atoms with Gasteiger partial charge in [-0.3, -0.25) is 4.79 Å². The average molecular weight is 408 g/mol. The fraction of sp³-hybridized carbons (Fsp3) is 0.222. The number of halogens is 2. The Morgan fingerprint density at radius 1 is 1.33 bits per heavy atom. The predicted molar refractivity (Wildman–Crippen MR) is 98.8 cm³/mol. The number of hydrogen-bond donors (Lipinski definition) is 2. The molecule has 0 radical (unpaired) electrons. The van der Waals surface area contributed by atoms with E-state index < -0.39 is 0 Å². The maximum absolute atomic E-state index is 12.1. The van der Waals surface area contributed by atoms with E-state index in [1.165, 1.54) is 5.56 Å². The second kappa shape index (κ2) is 8.84. The quantitative estimate of drug-likeness (QED) is 0.768. The highest BCUT2D eigenvalue weighted by Crippen LogP contribution is 2.20. The molecule has 0 aliphatic heterocycles. The molecule has 2 aromatic rings. The standard InChI is InChI=1S/C18H17BrClN3O/c1-2-17(12-3-6-14(19)7-4-12)22-11-18(24)23-15-8-5-13(10-21)16(20)9-15/h3-9,17,22H,2,11H2,1H3,(H,23,24)/p+1/t17-/m0/s1. The molecule has 0 aromatic heterocycles. The Hall–Kier alpha value is -1.87. The van der Waals surface area contributed by atoms with Gasteiger partial charge in [0.15, 0.2) is 6.54 Å². The van der Waals surface area contributed by atoms with Crippen LogP contribution in [0.1, 0.15) is 30.5 Å². The number of nitrogens with two attached hydrogens (primary N) is 1. The Morgan fingerprint density at radius 3 is 2.62 bits per heavy atom. The number of nitrogens with zero attached hydrogens (tertiary/aromatic N) is 1. The monoisotopic (exact) mass is 406 g/mol. The zero-order valence-corrected chi connectivity index (χ0v) is 15.6. The minimum absolute atomic E-state index is 0.105. The van der Waals surface area contributed by atoms with Crippen molar-refractivity contribution in [1.82, 2.24) is 0 Å². The van der Waals surface area contributed by atoms with Crippen LogP contribution in [-0.2, 0) is 4.79 Å². The van der Waals surface area contributed by atoms with E-state index >= 15 is 0 Å². The van der Waals surface area contributed by atoms with Crippen molar-refractivity contribution >= 4 is 39.1 Å². The number of carbonyl (C=O) groups excluding carboxylic acids is 1. The van der Waals surface area contributed by atoms with Crippen LogP contribution in [0.25, 0.3) is 0 Å². The lowest BCUT2D eigenvalue weighted by Crippen LogP contribution is -2.87. The van der Waals surface area contributed by atoms with Gasteiger partial charge in [-0.05, 0) is 30.3 Å². The highest BCUT2D eigenvalue weighted by molar-refractivity contribution is 9.10. The van der Waals surface area contributed by atoms with Crippen LogP contribution < -0.4 is 10.6 Å². The first-order chi connectivity index (χ1) is 11.5. The maximum Gasteiger partial charge on any atom is 0.279 e. The first-order valence-electron chi connectivity index (χ1n) is 7.61. The van der Waals surface area contributed by atoms with Crippen LogP contribution in [0.15, 0.2) is 46.9 Å². The summed E-state index contributed by atoms with van der Waals surface area (Å²) < 4.78 is 1.04. The van der Waals surface area contributed by atoms with Gasteiger partial charge in [-0.2, -0.15) is 5.26 Å². The van der Waals surface area contributed by atoms with E-state index in [0.29, 0.717) is 22.8 Å². The van der Waals surface area contributed by atoms with Crippen LogP contribution in [0.5, 0.6) is 0 Å². The number of benzene rings is 2. The van der Waals surface area contributed by atoms with Crippen LogP contribution in [0, 0.1) is 11.3 Å². The summed E-state index contributed by atoms with van der Waals surface area (Å²) in [7, 11) is 0. The van der Waals surface area contributed by atoms with Crippen molar-refractivity contribution in [3.05, 3.63) is 63.1 Å². The van der Waals surface area contributed by atoms with Gasteiger partial charge in [0.2, 0.25) is 0 Å². The van der Waals surface area contributed by atoms with Crippen LogP contribution >= 0.6 is 27.5 Å². The molecule has 24 heavy (non-hydrogen) atoms. The van der Waals surface area contributed by atoms with Gasteiger partial charge in [0.25, 0.3) is 5.91 Å². The Bertz CT molecular complexity index is 756. The van der Waals surface area contributed by atoms with Gasteiger partial charge < -0.3 is 10.6 Å². The SMILES string of the molecule is CC[C@H]([NH2+]CC(=O)Nc1ccc(C#N)c(Cl)c1)c1ccc(Br)cc1. The lowest BCUT2D eigenvalue weighted by Gasteiger charge is -2.14. The molecule has 0 bridgehead atoms. The molecule has 0 fully saturated rings. The summed E-state index contributed by atoms with van der Waals surface area (Å²) in [5, 5.41) is 14.0. The Kier molecular flexibility index (Phi) is 6.80. The maximum atomic E-state index is 12.1. The van der Waals surface area contributed by atoms with Gasteiger partial charge in [-0.1, -0.05) is 46.6 Å². The van der Waals surface area contributed by atoms with Gasteiger partial charge in [0, 0.05) is 22.1 Å². The minimum Gasteiger partial charge on any atom is -0.332 e. The third-order valence-electron chi connectivity index (χ3n) is 3.70. The Balaban J connectivity index is 1.93. The number of quaternary nitrogens is 1. The van der Waals surface area contributed by atoms with E-state index in [2.05, 4.69) is 40.3 Å². The van der Waals surface area contributed by atoms with Gasteiger partial charge >= 0.3 is 0 Å². The Labute approximate surface area is 155 Å². The van der Waals surface area contributed by atoms with Crippen molar-refractivity contribution in [3.8, 4) is 6.07 Å². The van der Waals surface area contributed by atoms with E-state index in [1.807, 2.05) is 23.5 Å². The fourth-order valence-electron chi connectivity index (χ4n) is 2.39. The number of carbonyl (C=O) groups is 1. The largest absolute Gasteiger partial charge is 0.332 e.